The van der Waals surface area contributed by atoms with E-state index in [2.05, 4.69) is 22.4 Å². The molecule has 0 fully saturated rings. The van der Waals surface area contributed by atoms with Crippen LogP contribution in [-0.4, -0.2) is 17.7 Å². The second-order valence-corrected chi connectivity index (χ2v) is 4.49. The van der Waals surface area contributed by atoms with Gasteiger partial charge in [0.2, 0.25) is 0 Å². The molecule has 86 valence electrons. The molecule has 0 aliphatic heterocycles. The quantitative estimate of drug-likeness (QED) is 0.467. The molecule has 0 bridgehead atoms. The van der Waals surface area contributed by atoms with Gasteiger partial charge in [0.25, 0.3) is 0 Å². The molecule has 1 aromatic rings. The van der Waals surface area contributed by atoms with Crippen molar-refractivity contribution in [2.45, 2.75) is 26.7 Å². The van der Waals surface area contributed by atoms with E-state index in [9.17, 15) is 4.79 Å². The van der Waals surface area contributed by atoms with Gasteiger partial charge in [-0.25, -0.2) is 4.79 Å². The summed E-state index contributed by atoms with van der Waals surface area (Å²) in [6.45, 7) is 6.18. The number of thiocarbonyl (C=S) groups is 1. The summed E-state index contributed by atoms with van der Waals surface area (Å²) in [5.41, 5.74) is 1.48. The predicted octanol–water partition coefficient (Wildman–Crippen LogP) is 3.78. The fourth-order valence-electron chi connectivity index (χ4n) is 1.32. The van der Waals surface area contributed by atoms with Gasteiger partial charge in [-0.1, -0.05) is 13.8 Å². The zero-order chi connectivity index (χ0) is 12.1. The van der Waals surface area contributed by atoms with Gasteiger partial charge in [-0.05, 0) is 36.0 Å². The van der Waals surface area contributed by atoms with Crippen LogP contribution in [0, 0.1) is 0 Å². The van der Waals surface area contributed by atoms with Crippen molar-refractivity contribution in [1.29, 1.82) is 0 Å². The first kappa shape index (κ1) is 13.0. The second kappa shape index (κ2) is 5.89. The molecule has 0 saturated heterocycles. The van der Waals surface area contributed by atoms with E-state index in [1.165, 1.54) is 11.3 Å². The number of nitrogens with zero attached hydrogens (tertiary/aromatic N) is 1. The van der Waals surface area contributed by atoms with Crippen molar-refractivity contribution < 1.29 is 9.53 Å². The minimum atomic E-state index is -0.337. The molecule has 0 unspecified atom stereocenters. The first-order valence-corrected chi connectivity index (χ1v) is 6.27. The number of rotatable bonds is 4. The van der Waals surface area contributed by atoms with E-state index in [1.54, 1.807) is 6.92 Å². The Morgan fingerprint density at radius 1 is 1.69 bits per heavy atom. The monoisotopic (exact) mass is 255 g/mol. The smallest absolute Gasteiger partial charge is 0.341 e. The molecule has 0 spiro atoms. The number of ether oxygens (including phenoxy) is 1. The summed E-state index contributed by atoms with van der Waals surface area (Å²) in [7, 11) is 0. The van der Waals surface area contributed by atoms with Crippen molar-refractivity contribution in [2.75, 3.05) is 6.61 Å². The van der Waals surface area contributed by atoms with Crippen LogP contribution in [0.1, 0.15) is 42.6 Å². The maximum Gasteiger partial charge on any atom is 0.341 e. The molecule has 0 saturated carbocycles. The van der Waals surface area contributed by atoms with Crippen molar-refractivity contribution in [3.8, 4) is 0 Å². The molecule has 1 aromatic heterocycles. The van der Waals surface area contributed by atoms with Crippen LogP contribution in [0.3, 0.4) is 0 Å². The van der Waals surface area contributed by atoms with Gasteiger partial charge < -0.3 is 4.74 Å². The van der Waals surface area contributed by atoms with E-state index in [1.807, 2.05) is 19.2 Å². The molecule has 0 amide bonds. The van der Waals surface area contributed by atoms with Crippen LogP contribution in [0.4, 0.5) is 5.00 Å². The van der Waals surface area contributed by atoms with Crippen LogP contribution in [0.15, 0.2) is 10.4 Å². The van der Waals surface area contributed by atoms with Gasteiger partial charge in [0.1, 0.15) is 10.6 Å². The van der Waals surface area contributed by atoms with Crippen LogP contribution < -0.4 is 0 Å². The number of aliphatic imine (C=N–C) groups is 1. The third-order valence-corrected chi connectivity index (χ3v) is 3.03. The summed E-state index contributed by atoms with van der Waals surface area (Å²) in [6, 6.07) is 0. The van der Waals surface area contributed by atoms with Crippen LogP contribution in [0.25, 0.3) is 0 Å². The Kier molecular flexibility index (Phi) is 4.80. The van der Waals surface area contributed by atoms with Gasteiger partial charge in [-0.3, -0.25) is 0 Å². The molecule has 1 heterocycles. The van der Waals surface area contributed by atoms with Gasteiger partial charge >= 0.3 is 5.97 Å². The Morgan fingerprint density at radius 2 is 2.38 bits per heavy atom. The number of isothiocyanates is 1. The Balaban J connectivity index is 3.23. The SMILES string of the molecule is CCOC(=O)c1c(C(C)C)csc1N=C=S. The van der Waals surface area contributed by atoms with Crippen molar-refractivity contribution in [1.82, 2.24) is 0 Å². The van der Waals surface area contributed by atoms with Gasteiger partial charge in [-0.15, -0.1) is 11.3 Å². The third kappa shape index (κ3) is 2.76. The van der Waals surface area contributed by atoms with Crippen molar-refractivity contribution in [3.63, 3.8) is 0 Å². The number of hydrogen-bond acceptors (Lipinski definition) is 5. The molecule has 0 radical (unpaired) electrons. The van der Waals surface area contributed by atoms with E-state index in [0.29, 0.717) is 17.2 Å². The lowest BCUT2D eigenvalue weighted by atomic mass is 10.0. The normalized spacial score (nSPS) is 10.0. The topological polar surface area (TPSA) is 38.7 Å². The molecular formula is C11H13NO2S2. The van der Waals surface area contributed by atoms with Crippen molar-refractivity contribution in [2.24, 2.45) is 4.99 Å². The Bertz CT molecular complexity index is 431. The van der Waals surface area contributed by atoms with E-state index < -0.39 is 0 Å². The van der Waals surface area contributed by atoms with E-state index >= 15 is 0 Å². The first-order chi connectivity index (χ1) is 7.61. The summed E-state index contributed by atoms with van der Waals surface area (Å²) in [6.07, 6.45) is 0. The summed E-state index contributed by atoms with van der Waals surface area (Å²) in [5, 5.41) is 4.78. The lowest BCUT2D eigenvalue weighted by molar-refractivity contribution is 0.0526. The van der Waals surface area contributed by atoms with Gasteiger partial charge in [0, 0.05) is 0 Å². The average Bonchev–Trinajstić information content (AvgIpc) is 2.62. The Hall–Kier alpha value is -1.03. The molecule has 0 aliphatic rings. The number of hydrogen-bond donors (Lipinski definition) is 0. The van der Waals surface area contributed by atoms with Crippen LogP contribution in [0.2, 0.25) is 0 Å². The number of carbonyl (C=O) groups excluding carboxylic acids is 1. The molecule has 0 N–H and O–H groups in total. The van der Waals surface area contributed by atoms with Crippen LogP contribution >= 0.6 is 23.6 Å². The molecule has 16 heavy (non-hydrogen) atoms. The highest BCUT2D eigenvalue weighted by molar-refractivity contribution is 7.78. The zero-order valence-electron chi connectivity index (χ0n) is 9.44. The second-order valence-electron chi connectivity index (χ2n) is 3.45. The van der Waals surface area contributed by atoms with Gasteiger partial charge in [-0.2, -0.15) is 4.99 Å². The summed E-state index contributed by atoms with van der Waals surface area (Å²) >= 11 is 5.94. The molecule has 0 aromatic carbocycles. The van der Waals surface area contributed by atoms with E-state index in [-0.39, 0.29) is 11.9 Å². The lowest BCUT2D eigenvalue weighted by Gasteiger charge is -2.07. The average molecular weight is 255 g/mol. The Morgan fingerprint density at radius 3 is 2.88 bits per heavy atom. The van der Waals surface area contributed by atoms with Crippen molar-refractivity contribution in [3.05, 3.63) is 16.5 Å². The Labute approximate surface area is 104 Å². The maximum atomic E-state index is 11.8. The fourth-order valence-corrected chi connectivity index (χ4v) is 2.51. The van der Waals surface area contributed by atoms with Crippen LogP contribution in [-0.2, 0) is 4.74 Å². The highest BCUT2D eigenvalue weighted by Crippen LogP contribution is 2.35. The largest absolute Gasteiger partial charge is 0.462 e. The molecular weight excluding hydrogens is 242 g/mol. The van der Waals surface area contributed by atoms with Crippen molar-refractivity contribution >= 4 is 39.7 Å². The summed E-state index contributed by atoms with van der Waals surface area (Å²) < 4.78 is 5.01. The molecule has 1 rings (SSSR count). The highest BCUT2D eigenvalue weighted by Gasteiger charge is 2.21. The summed E-state index contributed by atoms with van der Waals surface area (Å²) in [5.74, 6) is -0.0822. The molecule has 5 heteroatoms. The highest BCUT2D eigenvalue weighted by atomic mass is 32.1. The number of esters is 1. The first-order valence-electron chi connectivity index (χ1n) is 4.98. The van der Waals surface area contributed by atoms with E-state index in [4.69, 9.17) is 4.74 Å². The molecule has 3 nitrogen and oxygen atoms in total. The molecule has 0 atom stereocenters. The fraction of sp³-hybridized carbons (Fsp3) is 0.455. The standard InChI is InChI=1S/C11H13NO2S2/c1-4-14-11(13)9-8(7(2)3)5-16-10(9)12-6-15/h5,7H,4H2,1-3H3. The maximum absolute atomic E-state index is 11.8. The van der Waals surface area contributed by atoms with Gasteiger partial charge in [0.15, 0.2) is 0 Å². The predicted molar refractivity (Wildman–Crippen MR) is 69.1 cm³/mol. The van der Waals surface area contributed by atoms with Crippen LogP contribution in [0.5, 0.6) is 0 Å². The zero-order valence-corrected chi connectivity index (χ0v) is 11.1. The number of carbonyl (C=O) groups is 1. The summed E-state index contributed by atoms with van der Waals surface area (Å²) in [4.78, 5) is 15.7. The van der Waals surface area contributed by atoms with E-state index in [0.717, 1.165) is 5.56 Å². The minimum Gasteiger partial charge on any atom is -0.462 e. The third-order valence-electron chi connectivity index (χ3n) is 2.05. The minimum absolute atomic E-state index is 0.254. The lowest BCUT2D eigenvalue weighted by Crippen LogP contribution is -2.07. The van der Waals surface area contributed by atoms with Gasteiger partial charge in [0.05, 0.1) is 11.8 Å². The molecule has 0 aliphatic carbocycles. The number of thiophene rings is 1.